The topological polar surface area (TPSA) is 0 Å². The van der Waals surface area contributed by atoms with Crippen LogP contribution in [0.2, 0.25) is 0 Å². The van der Waals surface area contributed by atoms with E-state index in [2.05, 4.69) is 6.92 Å². The molecular weight excluding hydrogens is 347 g/mol. The zero-order valence-corrected chi connectivity index (χ0v) is 15.4. The molecule has 0 saturated heterocycles. The monoisotopic (exact) mass is 374 g/mol. The van der Waals surface area contributed by atoms with Crippen molar-refractivity contribution in [3.63, 3.8) is 0 Å². The third-order valence-electron chi connectivity index (χ3n) is 6.42. The number of hydrogen-bond donors (Lipinski definition) is 0. The van der Waals surface area contributed by atoms with E-state index in [4.69, 9.17) is 0 Å². The van der Waals surface area contributed by atoms with Crippen molar-refractivity contribution in [2.45, 2.75) is 88.6 Å². The SMILES string of the molecule is CCC[C@H]1CC[C@H](c2cc(F)c(C3CC(C)(F)C(F)(F)C3)c(F)c2)CC1. The van der Waals surface area contributed by atoms with Gasteiger partial charge in [0, 0.05) is 12.0 Å². The second-order valence-corrected chi connectivity index (χ2v) is 8.41. The van der Waals surface area contributed by atoms with Crippen LogP contribution in [-0.4, -0.2) is 11.6 Å². The van der Waals surface area contributed by atoms with Crippen LogP contribution in [0.25, 0.3) is 0 Å². The van der Waals surface area contributed by atoms with E-state index in [1.807, 2.05) is 0 Å². The maximum Gasteiger partial charge on any atom is 0.281 e. The highest BCUT2D eigenvalue weighted by Crippen LogP contribution is 2.53. The van der Waals surface area contributed by atoms with E-state index in [1.165, 1.54) is 18.6 Å². The van der Waals surface area contributed by atoms with Crippen LogP contribution < -0.4 is 0 Å². The van der Waals surface area contributed by atoms with E-state index < -0.39 is 42.0 Å². The van der Waals surface area contributed by atoms with Crippen LogP contribution in [-0.2, 0) is 0 Å². The molecule has 2 atom stereocenters. The quantitative estimate of drug-likeness (QED) is 0.486. The average Bonchev–Trinajstić information content (AvgIpc) is 2.75. The Morgan fingerprint density at radius 1 is 0.923 bits per heavy atom. The maximum absolute atomic E-state index is 14.6. The second kappa shape index (κ2) is 7.12. The molecule has 0 spiro atoms. The molecule has 2 saturated carbocycles. The number of hydrogen-bond acceptors (Lipinski definition) is 0. The van der Waals surface area contributed by atoms with Crippen molar-refractivity contribution in [3.05, 3.63) is 34.9 Å². The molecule has 146 valence electrons. The van der Waals surface area contributed by atoms with Gasteiger partial charge in [-0.15, -0.1) is 0 Å². The van der Waals surface area contributed by atoms with Crippen LogP contribution in [0.1, 0.15) is 88.2 Å². The molecule has 0 amide bonds. The summed E-state index contributed by atoms with van der Waals surface area (Å²) < 4.78 is 70.8. The Balaban J connectivity index is 1.78. The fourth-order valence-electron chi connectivity index (χ4n) is 4.83. The van der Waals surface area contributed by atoms with Crippen molar-refractivity contribution in [3.8, 4) is 0 Å². The summed E-state index contributed by atoms with van der Waals surface area (Å²) in [6.07, 6.45) is 4.82. The number of alkyl halides is 3. The van der Waals surface area contributed by atoms with Crippen LogP contribution in [0.3, 0.4) is 0 Å². The van der Waals surface area contributed by atoms with Crippen molar-refractivity contribution in [2.75, 3.05) is 0 Å². The first-order valence-corrected chi connectivity index (χ1v) is 9.70. The molecule has 1 aromatic rings. The first-order chi connectivity index (χ1) is 12.1. The lowest BCUT2D eigenvalue weighted by Gasteiger charge is -2.29. The van der Waals surface area contributed by atoms with E-state index in [0.717, 1.165) is 39.0 Å². The minimum atomic E-state index is -3.56. The Hall–Kier alpha value is -1.13. The maximum atomic E-state index is 14.6. The van der Waals surface area contributed by atoms with E-state index in [-0.39, 0.29) is 11.5 Å². The minimum Gasteiger partial charge on any atom is -0.238 e. The first-order valence-electron chi connectivity index (χ1n) is 9.70. The van der Waals surface area contributed by atoms with Gasteiger partial charge in [0.15, 0.2) is 5.67 Å². The Bertz CT molecular complexity index is 605. The summed E-state index contributed by atoms with van der Waals surface area (Å²) in [4.78, 5) is 0. The molecular formula is C21H27F5. The standard InChI is InChI=1S/C21H27F5/c1-3-4-13-5-7-14(8-6-13)15-9-17(22)19(18(23)10-15)16-11-20(2,24)21(25,26)12-16/h9-10,13-14,16H,3-8,11-12H2,1-2H3/t13-,14-,16?,20?. The zero-order chi connectivity index (χ0) is 19.1. The molecule has 0 radical (unpaired) electrons. The molecule has 2 aliphatic rings. The van der Waals surface area contributed by atoms with Gasteiger partial charge in [-0.05, 0) is 74.5 Å². The van der Waals surface area contributed by atoms with Crippen molar-refractivity contribution < 1.29 is 22.0 Å². The lowest BCUT2D eigenvalue weighted by Crippen LogP contribution is -2.35. The molecule has 0 aromatic heterocycles. The van der Waals surface area contributed by atoms with Crippen molar-refractivity contribution >= 4 is 0 Å². The summed E-state index contributed by atoms with van der Waals surface area (Å²) in [6, 6.07) is 2.57. The number of benzene rings is 1. The molecule has 0 bridgehead atoms. The van der Waals surface area contributed by atoms with Crippen LogP contribution in [0.15, 0.2) is 12.1 Å². The van der Waals surface area contributed by atoms with Crippen molar-refractivity contribution in [1.82, 2.24) is 0 Å². The van der Waals surface area contributed by atoms with Gasteiger partial charge >= 0.3 is 0 Å². The molecule has 0 aliphatic heterocycles. The van der Waals surface area contributed by atoms with E-state index in [9.17, 15) is 22.0 Å². The molecule has 2 unspecified atom stereocenters. The van der Waals surface area contributed by atoms with E-state index in [1.54, 1.807) is 0 Å². The summed E-state index contributed by atoms with van der Waals surface area (Å²) in [7, 11) is 0. The van der Waals surface area contributed by atoms with Crippen LogP contribution in [0.4, 0.5) is 22.0 Å². The molecule has 26 heavy (non-hydrogen) atoms. The lowest BCUT2D eigenvalue weighted by atomic mass is 9.77. The average molecular weight is 374 g/mol. The normalized spacial score (nSPS) is 34.2. The highest BCUT2D eigenvalue weighted by Gasteiger charge is 2.59. The van der Waals surface area contributed by atoms with Crippen molar-refractivity contribution in [1.29, 1.82) is 0 Å². The summed E-state index contributed by atoms with van der Waals surface area (Å²) in [6.45, 7) is 2.97. The Morgan fingerprint density at radius 3 is 1.96 bits per heavy atom. The molecule has 2 aliphatic carbocycles. The molecule has 0 nitrogen and oxygen atoms in total. The van der Waals surface area contributed by atoms with Crippen molar-refractivity contribution in [2.24, 2.45) is 5.92 Å². The van der Waals surface area contributed by atoms with Gasteiger partial charge in [-0.1, -0.05) is 19.8 Å². The fraction of sp³-hybridized carbons (Fsp3) is 0.714. The van der Waals surface area contributed by atoms with E-state index >= 15 is 0 Å². The summed E-state index contributed by atoms with van der Waals surface area (Å²) in [5.74, 6) is -5.52. The second-order valence-electron chi connectivity index (χ2n) is 8.41. The lowest BCUT2D eigenvalue weighted by molar-refractivity contribution is -0.105. The molecule has 2 fully saturated rings. The predicted molar refractivity (Wildman–Crippen MR) is 92.4 cm³/mol. The summed E-state index contributed by atoms with van der Waals surface area (Å²) in [5.41, 5.74) is -2.51. The summed E-state index contributed by atoms with van der Waals surface area (Å²) >= 11 is 0. The highest BCUT2D eigenvalue weighted by atomic mass is 19.3. The smallest absolute Gasteiger partial charge is 0.238 e. The van der Waals surface area contributed by atoms with Gasteiger partial charge in [0.1, 0.15) is 11.6 Å². The third-order valence-corrected chi connectivity index (χ3v) is 6.42. The van der Waals surface area contributed by atoms with Gasteiger partial charge in [-0.25, -0.2) is 22.0 Å². The Morgan fingerprint density at radius 2 is 1.50 bits per heavy atom. The first kappa shape index (κ1) is 19.6. The minimum absolute atomic E-state index is 0.109. The molecule has 0 heterocycles. The summed E-state index contributed by atoms with van der Waals surface area (Å²) in [5, 5.41) is 0. The zero-order valence-electron chi connectivity index (χ0n) is 15.4. The molecule has 0 N–H and O–H groups in total. The van der Waals surface area contributed by atoms with Gasteiger partial charge in [-0.2, -0.15) is 0 Å². The van der Waals surface area contributed by atoms with Gasteiger partial charge in [0.25, 0.3) is 5.92 Å². The highest BCUT2D eigenvalue weighted by molar-refractivity contribution is 5.33. The van der Waals surface area contributed by atoms with Gasteiger partial charge < -0.3 is 0 Å². The van der Waals surface area contributed by atoms with Crippen LogP contribution >= 0.6 is 0 Å². The predicted octanol–water partition coefficient (Wildman–Crippen LogP) is 7.28. The van der Waals surface area contributed by atoms with Gasteiger partial charge in [-0.3, -0.25) is 0 Å². The van der Waals surface area contributed by atoms with Crippen LogP contribution in [0, 0.1) is 17.6 Å². The third kappa shape index (κ3) is 3.63. The molecule has 5 heteroatoms. The van der Waals surface area contributed by atoms with E-state index in [0.29, 0.717) is 11.5 Å². The molecule has 1 aromatic carbocycles. The van der Waals surface area contributed by atoms with Gasteiger partial charge in [0.05, 0.1) is 0 Å². The Labute approximate surface area is 152 Å². The van der Waals surface area contributed by atoms with Crippen LogP contribution in [0.5, 0.6) is 0 Å². The number of rotatable bonds is 4. The largest absolute Gasteiger partial charge is 0.281 e. The Kier molecular flexibility index (Phi) is 5.38. The fourth-order valence-corrected chi connectivity index (χ4v) is 4.83. The number of halogens is 5. The molecule has 3 rings (SSSR count). The van der Waals surface area contributed by atoms with Gasteiger partial charge in [0.2, 0.25) is 0 Å².